The summed E-state index contributed by atoms with van der Waals surface area (Å²) in [6, 6.07) is 1.43. The fourth-order valence-electron chi connectivity index (χ4n) is 0.954. The van der Waals surface area contributed by atoms with E-state index >= 15 is 0 Å². The Morgan fingerprint density at radius 1 is 1.62 bits per heavy atom. The number of carbonyl (C=O) groups is 1. The van der Waals surface area contributed by atoms with Gasteiger partial charge in [0.05, 0.1) is 7.11 Å². The highest BCUT2D eigenvalue weighted by Gasteiger charge is 2.20. The Kier molecular flexibility index (Phi) is 3.08. The van der Waals surface area contributed by atoms with Gasteiger partial charge < -0.3 is 14.8 Å². The summed E-state index contributed by atoms with van der Waals surface area (Å²) < 4.78 is 4.49. The van der Waals surface area contributed by atoms with Gasteiger partial charge in [0.25, 0.3) is 0 Å². The molecule has 0 spiro atoms. The first kappa shape index (κ1) is 10.2. The molecule has 1 rings (SSSR count). The summed E-state index contributed by atoms with van der Waals surface area (Å²) in [5.41, 5.74) is 0.352. The number of ether oxygens (including phenoxy) is 1. The van der Waals surface area contributed by atoms with Crippen LogP contribution in [0, 0.1) is 6.92 Å². The van der Waals surface area contributed by atoms with E-state index in [0.717, 1.165) is 0 Å². The van der Waals surface area contributed by atoms with Gasteiger partial charge in [0.1, 0.15) is 4.88 Å². The van der Waals surface area contributed by atoms with Crippen molar-refractivity contribution in [3.05, 3.63) is 15.8 Å². The lowest BCUT2D eigenvalue weighted by Gasteiger charge is -1.93. The summed E-state index contributed by atoms with van der Waals surface area (Å²) >= 11 is 1.18. The van der Waals surface area contributed by atoms with Crippen molar-refractivity contribution in [3.8, 4) is 0 Å². The van der Waals surface area contributed by atoms with Gasteiger partial charge >= 0.3 is 13.1 Å². The molecule has 1 aromatic rings. The second-order valence-electron chi connectivity index (χ2n) is 2.49. The molecular weight excluding hydrogens is 191 g/mol. The van der Waals surface area contributed by atoms with Crippen molar-refractivity contribution >= 4 is 29.9 Å². The Balaban J connectivity index is 3.02. The highest BCUT2D eigenvalue weighted by molar-refractivity contribution is 7.15. The maximum absolute atomic E-state index is 11.0. The van der Waals surface area contributed by atoms with Gasteiger partial charge in [-0.05, 0) is 18.5 Å². The number of esters is 1. The molecular formula is C7H9BO4S. The van der Waals surface area contributed by atoms with E-state index < -0.39 is 13.1 Å². The van der Waals surface area contributed by atoms with Crippen LogP contribution in [0.4, 0.5) is 0 Å². The van der Waals surface area contributed by atoms with Crippen molar-refractivity contribution in [2.24, 2.45) is 0 Å². The van der Waals surface area contributed by atoms with Crippen molar-refractivity contribution < 1.29 is 19.6 Å². The first-order valence-electron chi connectivity index (χ1n) is 3.61. The molecule has 0 aliphatic carbocycles. The summed E-state index contributed by atoms with van der Waals surface area (Å²) in [6.07, 6.45) is 0. The highest BCUT2D eigenvalue weighted by Crippen LogP contribution is 2.14. The van der Waals surface area contributed by atoms with E-state index in [2.05, 4.69) is 4.74 Å². The van der Waals surface area contributed by atoms with Crippen LogP contribution >= 0.6 is 11.3 Å². The molecule has 13 heavy (non-hydrogen) atoms. The molecule has 1 aromatic heterocycles. The lowest BCUT2D eigenvalue weighted by atomic mass is 9.80. The molecule has 0 saturated heterocycles. The fraction of sp³-hybridized carbons (Fsp3) is 0.286. The minimum Gasteiger partial charge on any atom is -0.465 e. The predicted molar refractivity (Wildman–Crippen MR) is 50.2 cm³/mol. The molecule has 0 unspecified atom stereocenters. The van der Waals surface area contributed by atoms with Gasteiger partial charge in [0.2, 0.25) is 0 Å². The molecule has 0 saturated carbocycles. The van der Waals surface area contributed by atoms with Crippen molar-refractivity contribution in [1.29, 1.82) is 0 Å². The van der Waals surface area contributed by atoms with Crippen LogP contribution in [0.2, 0.25) is 0 Å². The summed E-state index contributed by atoms with van der Waals surface area (Å²) in [4.78, 5) is 12.1. The van der Waals surface area contributed by atoms with Crippen molar-refractivity contribution in [2.75, 3.05) is 7.11 Å². The van der Waals surface area contributed by atoms with Crippen LogP contribution in [0.1, 0.15) is 14.5 Å². The number of carbonyl (C=O) groups excluding carboxylic acids is 1. The van der Waals surface area contributed by atoms with E-state index in [1.165, 1.54) is 24.5 Å². The minimum atomic E-state index is -1.53. The molecule has 0 aromatic carbocycles. The molecule has 0 aliphatic rings. The molecule has 0 aliphatic heterocycles. The molecule has 0 atom stereocenters. The van der Waals surface area contributed by atoms with Crippen molar-refractivity contribution in [1.82, 2.24) is 0 Å². The Bertz CT molecular complexity index is 320. The Hall–Kier alpha value is -0.845. The number of hydrogen-bond acceptors (Lipinski definition) is 5. The number of hydrogen-bond donors (Lipinski definition) is 2. The van der Waals surface area contributed by atoms with E-state index in [1.807, 2.05) is 0 Å². The zero-order valence-corrected chi connectivity index (χ0v) is 8.09. The monoisotopic (exact) mass is 200 g/mol. The second-order valence-corrected chi connectivity index (χ2v) is 3.74. The fourth-order valence-corrected chi connectivity index (χ4v) is 1.92. The molecule has 2 N–H and O–H groups in total. The normalized spacial score (nSPS) is 9.85. The van der Waals surface area contributed by atoms with Crippen LogP contribution in [0.15, 0.2) is 6.07 Å². The van der Waals surface area contributed by atoms with Crippen LogP contribution in [0.25, 0.3) is 0 Å². The average Bonchev–Trinajstić information content (AvgIpc) is 2.46. The minimum absolute atomic E-state index is 0.352. The second kappa shape index (κ2) is 3.91. The van der Waals surface area contributed by atoms with E-state index in [1.54, 1.807) is 6.92 Å². The maximum atomic E-state index is 11.0. The van der Waals surface area contributed by atoms with Gasteiger partial charge in [-0.2, -0.15) is 0 Å². The molecule has 6 heteroatoms. The van der Waals surface area contributed by atoms with Gasteiger partial charge in [-0.15, -0.1) is 11.3 Å². The zero-order chi connectivity index (χ0) is 10.0. The maximum Gasteiger partial charge on any atom is 0.489 e. The molecule has 0 bridgehead atoms. The smallest absolute Gasteiger partial charge is 0.465 e. The summed E-state index contributed by atoms with van der Waals surface area (Å²) in [5.74, 6) is -0.458. The quantitative estimate of drug-likeness (QED) is 0.500. The van der Waals surface area contributed by atoms with Gasteiger partial charge in [-0.3, -0.25) is 0 Å². The molecule has 70 valence electrons. The van der Waals surface area contributed by atoms with Gasteiger partial charge in [0.15, 0.2) is 0 Å². The van der Waals surface area contributed by atoms with Crippen LogP contribution in [-0.4, -0.2) is 30.2 Å². The van der Waals surface area contributed by atoms with E-state index in [0.29, 0.717) is 15.2 Å². The van der Waals surface area contributed by atoms with Crippen molar-refractivity contribution in [3.63, 3.8) is 0 Å². The highest BCUT2D eigenvalue weighted by atomic mass is 32.1. The zero-order valence-electron chi connectivity index (χ0n) is 7.27. The Morgan fingerprint density at radius 3 is 2.62 bits per heavy atom. The lowest BCUT2D eigenvalue weighted by molar-refractivity contribution is 0.0606. The molecule has 0 amide bonds. The van der Waals surface area contributed by atoms with Crippen LogP contribution in [0.5, 0.6) is 0 Å². The largest absolute Gasteiger partial charge is 0.489 e. The topological polar surface area (TPSA) is 66.8 Å². The van der Waals surface area contributed by atoms with Crippen LogP contribution < -0.4 is 5.46 Å². The van der Waals surface area contributed by atoms with Gasteiger partial charge in [-0.1, -0.05) is 0 Å². The summed E-state index contributed by atoms with van der Waals surface area (Å²) in [6.45, 7) is 1.71. The molecule has 0 fully saturated rings. The standard InChI is InChI=1S/C7H9BO4S/c1-4-5(8(10)11)3-6(13-4)7(9)12-2/h3,10-11H,1-2H3. The number of aryl methyl sites for hydroxylation is 1. The summed E-state index contributed by atoms with van der Waals surface area (Å²) in [5, 5.41) is 17.8. The third kappa shape index (κ3) is 2.09. The van der Waals surface area contributed by atoms with E-state index in [-0.39, 0.29) is 0 Å². The van der Waals surface area contributed by atoms with E-state index in [9.17, 15) is 4.79 Å². The molecule has 4 nitrogen and oxygen atoms in total. The number of methoxy groups -OCH3 is 1. The Labute approximate surface area is 79.9 Å². The average molecular weight is 200 g/mol. The summed E-state index contributed by atoms with van der Waals surface area (Å²) in [7, 11) is -0.249. The first-order chi connectivity index (χ1) is 6.06. The molecule has 0 radical (unpaired) electrons. The number of rotatable bonds is 2. The van der Waals surface area contributed by atoms with Gasteiger partial charge in [0, 0.05) is 4.88 Å². The number of thiophene rings is 1. The van der Waals surface area contributed by atoms with E-state index in [4.69, 9.17) is 10.0 Å². The third-order valence-electron chi connectivity index (χ3n) is 1.62. The van der Waals surface area contributed by atoms with Crippen LogP contribution in [-0.2, 0) is 4.74 Å². The van der Waals surface area contributed by atoms with Crippen LogP contribution in [0.3, 0.4) is 0 Å². The predicted octanol–water partition coefficient (Wildman–Crippen LogP) is -0.477. The Morgan fingerprint density at radius 2 is 2.23 bits per heavy atom. The molecule has 1 heterocycles. The SMILES string of the molecule is COC(=O)c1cc(B(O)O)c(C)s1. The van der Waals surface area contributed by atoms with Crippen molar-refractivity contribution in [2.45, 2.75) is 6.92 Å². The lowest BCUT2D eigenvalue weighted by Crippen LogP contribution is -2.30. The third-order valence-corrected chi connectivity index (χ3v) is 2.67. The van der Waals surface area contributed by atoms with Gasteiger partial charge in [-0.25, -0.2) is 4.79 Å². The first-order valence-corrected chi connectivity index (χ1v) is 4.42.